The fraction of sp³-hybridized carbons (Fsp3) is 0.176. The molecule has 0 fully saturated rings. The normalized spacial score (nSPS) is 11.0. The van der Waals surface area contributed by atoms with E-state index < -0.39 is 5.91 Å². The van der Waals surface area contributed by atoms with Gasteiger partial charge in [-0.1, -0.05) is 6.07 Å². The van der Waals surface area contributed by atoms with Crippen LogP contribution in [0.4, 0.5) is 10.8 Å². The molecule has 1 aromatic heterocycles. The summed E-state index contributed by atoms with van der Waals surface area (Å²) in [5.74, 6) is -0.997. The third kappa shape index (κ3) is 3.67. The second kappa shape index (κ2) is 7.06. The summed E-state index contributed by atoms with van der Waals surface area (Å²) in [6, 6.07) is 7.43. The topological polar surface area (TPSA) is 100 Å². The molecule has 1 aromatic carbocycles. The lowest BCUT2D eigenvalue weighted by atomic mass is 10.1. The number of nitriles is 1. The van der Waals surface area contributed by atoms with Gasteiger partial charge in [-0.3, -0.25) is 14.5 Å². The smallest absolute Gasteiger partial charge is 0.259 e. The van der Waals surface area contributed by atoms with Gasteiger partial charge in [-0.05, 0) is 43.2 Å². The van der Waals surface area contributed by atoms with Crippen LogP contribution in [0.25, 0.3) is 6.08 Å². The van der Waals surface area contributed by atoms with Crippen LogP contribution >= 0.6 is 11.3 Å². The van der Waals surface area contributed by atoms with Gasteiger partial charge >= 0.3 is 0 Å². The molecule has 0 radical (unpaired) electrons. The summed E-state index contributed by atoms with van der Waals surface area (Å²) in [6.45, 7) is 5.42. The standard InChI is InChI=1S/C17H16N4O2S/c1-10-4-5-15(6-11(10)2)21(12(3)22)17-20-14(9-24-17)7-13(8-18)16(19)23/h4-7,9H,1-3H3,(H2,19,23)/b13-7-. The molecule has 122 valence electrons. The zero-order valence-corrected chi connectivity index (χ0v) is 14.3. The molecule has 24 heavy (non-hydrogen) atoms. The van der Waals surface area contributed by atoms with Crippen molar-refractivity contribution in [1.82, 2.24) is 4.98 Å². The van der Waals surface area contributed by atoms with E-state index in [1.54, 1.807) is 11.4 Å². The van der Waals surface area contributed by atoms with Gasteiger partial charge in [0.05, 0.1) is 11.4 Å². The molecule has 0 bridgehead atoms. The van der Waals surface area contributed by atoms with Gasteiger partial charge in [0, 0.05) is 12.3 Å². The Morgan fingerprint density at radius 1 is 1.33 bits per heavy atom. The molecule has 6 nitrogen and oxygen atoms in total. The van der Waals surface area contributed by atoms with E-state index in [-0.39, 0.29) is 11.5 Å². The SMILES string of the molecule is CC(=O)N(c1ccc(C)c(C)c1)c1nc(/C=C(/C#N)C(N)=O)cs1. The number of aryl methyl sites for hydroxylation is 2. The lowest BCUT2D eigenvalue weighted by Gasteiger charge is -2.19. The number of hydrogen-bond donors (Lipinski definition) is 1. The fourth-order valence-electron chi connectivity index (χ4n) is 2.04. The summed E-state index contributed by atoms with van der Waals surface area (Å²) in [7, 11) is 0. The summed E-state index contributed by atoms with van der Waals surface area (Å²) in [6.07, 6.45) is 1.31. The van der Waals surface area contributed by atoms with Crippen LogP contribution in [0.2, 0.25) is 0 Å². The third-order valence-electron chi connectivity index (χ3n) is 3.44. The molecule has 1 heterocycles. The summed E-state index contributed by atoms with van der Waals surface area (Å²) < 4.78 is 0. The Morgan fingerprint density at radius 3 is 2.58 bits per heavy atom. The first kappa shape index (κ1) is 17.4. The van der Waals surface area contributed by atoms with Crippen molar-refractivity contribution >= 4 is 40.0 Å². The fourth-order valence-corrected chi connectivity index (χ4v) is 2.89. The molecular weight excluding hydrogens is 324 g/mol. The zero-order chi connectivity index (χ0) is 17.9. The molecule has 2 aromatic rings. The highest BCUT2D eigenvalue weighted by atomic mass is 32.1. The molecule has 2 rings (SSSR count). The number of carbonyl (C=O) groups is 2. The number of rotatable bonds is 4. The van der Waals surface area contributed by atoms with E-state index in [9.17, 15) is 9.59 Å². The Kier molecular flexibility index (Phi) is 5.11. The summed E-state index contributed by atoms with van der Waals surface area (Å²) >= 11 is 1.24. The second-order valence-corrected chi connectivity index (χ2v) is 6.05. The number of nitrogens with zero attached hydrogens (tertiary/aromatic N) is 3. The molecule has 0 aliphatic rings. The lowest BCUT2D eigenvalue weighted by molar-refractivity contribution is -0.116. The first-order valence-corrected chi connectivity index (χ1v) is 7.96. The molecule has 2 N–H and O–H groups in total. The number of benzene rings is 1. The van der Waals surface area contributed by atoms with Gasteiger partial charge in [0.15, 0.2) is 5.13 Å². The maximum Gasteiger partial charge on any atom is 0.259 e. The predicted octanol–water partition coefficient (Wildman–Crippen LogP) is 2.84. The van der Waals surface area contributed by atoms with Gasteiger partial charge in [0.2, 0.25) is 5.91 Å². The minimum absolute atomic E-state index is 0.182. The number of aromatic nitrogens is 1. The summed E-state index contributed by atoms with van der Waals surface area (Å²) in [5, 5.41) is 11.0. The van der Waals surface area contributed by atoms with Crippen LogP contribution in [0.5, 0.6) is 0 Å². The highest BCUT2D eigenvalue weighted by molar-refractivity contribution is 7.14. The minimum atomic E-state index is -0.815. The van der Waals surface area contributed by atoms with Crippen molar-refractivity contribution in [2.45, 2.75) is 20.8 Å². The number of carbonyl (C=O) groups excluding carboxylic acids is 2. The molecule has 0 spiro atoms. The zero-order valence-electron chi connectivity index (χ0n) is 13.5. The summed E-state index contributed by atoms with van der Waals surface area (Å²) in [4.78, 5) is 29.0. The molecule has 0 aliphatic heterocycles. The largest absolute Gasteiger partial charge is 0.365 e. The number of hydrogen-bond acceptors (Lipinski definition) is 5. The van der Waals surface area contributed by atoms with Gasteiger partial charge in [0.1, 0.15) is 11.6 Å². The minimum Gasteiger partial charge on any atom is -0.365 e. The molecule has 0 aliphatic carbocycles. The van der Waals surface area contributed by atoms with E-state index in [2.05, 4.69) is 4.98 Å². The van der Waals surface area contributed by atoms with Crippen LogP contribution in [-0.2, 0) is 9.59 Å². The Morgan fingerprint density at radius 2 is 2.04 bits per heavy atom. The van der Waals surface area contributed by atoms with Gasteiger partial charge in [0.25, 0.3) is 5.91 Å². The molecule has 2 amide bonds. The first-order chi connectivity index (χ1) is 11.3. The molecule has 7 heteroatoms. The van der Waals surface area contributed by atoms with Crippen molar-refractivity contribution in [3.63, 3.8) is 0 Å². The maximum atomic E-state index is 12.1. The van der Waals surface area contributed by atoms with E-state index in [0.29, 0.717) is 16.5 Å². The quantitative estimate of drug-likeness (QED) is 0.683. The van der Waals surface area contributed by atoms with Gasteiger partial charge in [-0.25, -0.2) is 4.98 Å². The average molecular weight is 340 g/mol. The van der Waals surface area contributed by atoms with Crippen LogP contribution in [0.3, 0.4) is 0 Å². The molecule has 0 unspecified atom stereocenters. The predicted molar refractivity (Wildman–Crippen MR) is 93.6 cm³/mol. The first-order valence-electron chi connectivity index (χ1n) is 7.08. The Bertz CT molecular complexity index is 877. The van der Waals surface area contributed by atoms with Crippen molar-refractivity contribution in [3.8, 4) is 6.07 Å². The number of thiazole rings is 1. The van der Waals surface area contributed by atoms with E-state index in [1.165, 1.54) is 29.2 Å². The third-order valence-corrected chi connectivity index (χ3v) is 4.29. The Labute approximate surface area is 143 Å². The lowest BCUT2D eigenvalue weighted by Crippen LogP contribution is -2.22. The average Bonchev–Trinajstić information content (AvgIpc) is 2.96. The highest BCUT2D eigenvalue weighted by Crippen LogP contribution is 2.30. The van der Waals surface area contributed by atoms with Crippen molar-refractivity contribution in [2.75, 3.05) is 4.90 Å². The highest BCUT2D eigenvalue weighted by Gasteiger charge is 2.18. The molecule has 0 saturated carbocycles. The second-order valence-electron chi connectivity index (χ2n) is 5.21. The van der Waals surface area contributed by atoms with Crippen LogP contribution in [0.1, 0.15) is 23.7 Å². The number of anilines is 2. The van der Waals surface area contributed by atoms with Gasteiger partial charge in [-0.15, -0.1) is 11.3 Å². The van der Waals surface area contributed by atoms with Crippen molar-refractivity contribution in [2.24, 2.45) is 5.73 Å². The van der Waals surface area contributed by atoms with Crippen LogP contribution in [-0.4, -0.2) is 16.8 Å². The van der Waals surface area contributed by atoms with Crippen molar-refractivity contribution in [3.05, 3.63) is 46.0 Å². The van der Waals surface area contributed by atoms with E-state index >= 15 is 0 Å². The molecule has 0 saturated heterocycles. The number of primary amides is 1. The van der Waals surface area contributed by atoms with Gasteiger partial charge < -0.3 is 5.73 Å². The van der Waals surface area contributed by atoms with Gasteiger partial charge in [-0.2, -0.15) is 5.26 Å². The Hall–Kier alpha value is -2.98. The van der Waals surface area contributed by atoms with Crippen molar-refractivity contribution in [1.29, 1.82) is 5.26 Å². The monoisotopic (exact) mass is 340 g/mol. The van der Waals surface area contributed by atoms with E-state index in [4.69, 9.17) is 11.0 Å². The molecule has 0 atom stereocenters. The van der Waals surface area contributed by atoms with Crippen molar-refractivity contribution < 1.29 is 9.59 Å². The number of nitrogens with two attached hydrogens (primary N) is 1. The van der Waals surface area contributed by atoms with E-state index in [1.807, 2.05) is 32.0 Å². The van der Waals surface area contributed by atoms with Crippen LogP contribution in [0, 0.1) is 25.2 Å². The Balaban J connectivity index is 2.44. The van der Waals surface area contributed by atoms with E-state index in [0.717, 1.165) is 11.1 Å². The number of amides is 2. The maximum absolute atomic E-state index is 12.1. The van der Waals surface area contributed by atoms with Crippen LogP contribution in [0.15, 0.2) is 29.2 Å². The van der Waals surface area contributed by atoms with Crippen LogP contribution < -0.4 is 10.6 Å². The molecular formula is C17H16N4O2S. The summed E-state index contributed by atoms with van der Waals surface area (Å²) in [5.41, 5.74) is 8.24.